The van der Waals surface area contributed by atoms with E-state index in [1.54, 1.807) is 0 Å². The molecule has 0 fully saturated rings. The van der Waals surface area contributed by atoms with Crippen molar-refractivity contribution in [2.24, 2.45) is 0 Å². The Balaban J connectivity index is 5.04. The Morgan fingerprint density at radius 3 is 1.22 bits per heavy atom. The molecule has 106 valence electrons. The molecule has 2 atom stereocenters. The van der Waals surface area contributed by atoms with Crippen LogP contribution in [0, 0.1) is 0 Å². The number of alkyl halides is 4. The number of rotatable bonds is 5. The third kappa shape index (κ3) is 3.58. The fourth-order valence-electron chi connectivity index (χ4n) is 1.19. The minimum atomic E-state index is -4.66. The normalized spacial score (nSPS) is 15.8. The van der Waals surface area contributed by atoms with E-state index in [0.29, 0.717) is 13.8 Å². The minimum Gasteiger partial charge on any atom is -0.456 e. The molecule has 0 bridgehead atoms. The lowest BCUT2D eigenvalue weighted by molar-refractivity contribution is -0.285. The van der Waals surface area contributed by atoms with Crippen molar-refractivity contribution in [1.82, 2.24) is 0 Å². The molecule has 0 aromatic rings. The van der Waals surface area contributed by atoms with Crippen LogP contribution in [0.4, 0.5) is 17.6 Å². The van der Waals surface area contributed by atoms with Gasteiger partial charge in [0.15, 0.2) is 12.2 Å². The monoisotopic (exact) mass is 274 g/mol. The molecule has 0 heterocycles. The summed E-state index contributed by atoms with van der Waals surface area (Å²) in [6.07, 6.45) is -4.69. The fraction of sp³-hybridized carbons (Fsp3) is 0.800. The summed E-state index contributed by atoms with van der Waals surface area (Å²) in [7, 11) is 0. The summed E-state index contributed by atoms with van der Waals surface area (Å²) in [6, 6.07) is 0. The zero-order valence-electron chi connectivity index (χ0n) is 10.3. The van der Waals surface area contributed by atoms with Gasteiger partial charge in [-0.15, -0.1) is 0 Å². The third-order valence-corrected chi connectivity index (χ3v) is 2.15. The predicted octanol–water partition coefficient (Wildman–Crippen LogP) is 2.16. The molecule has 0 amide bonds. The van der Waals surface area contributed by atoms with Crippen molar-refractivity contribution in [1.29, 1.82) is 0 Å². The van der Waals surface area contributed by atoms with Crippen molar-refractivity contribution >= 4 is 11.9 Å². The molecule has 0 aliphatic heterocycles. The Kier molecular flexibility index (Phi) is 5.12. The summed E-state index contributed by atoms with van der Waals surface area (Å²) in [5.74, 6) is -11.5. The largest absolute Gasteiger partial charge is 0.456 e. The van der Waals surface area contributed by atoms with Crippen molar-refractivity contribution < 1.29 is 36.6 Å². The first-order valence-electron chi connectivity index (χ1n) is 5.03. The molecule has 2 unspecified atom stereocenters. The van der Waals surface area contributed by atoms with Gasteiger partial charge < -0.3 is 9.47 Å². The highest BCUT2D eigenvalue weighted by Crippen LogP contribution is 2.41. The Morgan fingerprint density at radius 2 is 1.06 bits per heavy atom. The molecule has 0 N–H and O–H groups in total. The van der Waals surface area contributed by atoms with E-state index in [4.69, 9.17) is 0 Å². The molecule has 0 radical (unpaired) electrons. The van der Waals surface area contributed by atoms with Gasteiger partial charge in [0.1, 0.15) is 0 Å². The van der Waals surface area contributed by atoms with Crippen LogP contribution in [0.15, 0.2) is 0 Å². The molecule has 4 nitrogen and oxygen atoms in total. The fourth-order valence-corrected chi connectivity index (χ4v) is 1.19. The summed E-state index contributed by atoms with van der Waals surface area (Å²) < 4.78 is 61.8. The summed E-state index contributed by atoms with van der Waals surface area (Å²) in [6.45, 7) is 2.91. The number of esters is 2. The molecule has 0 aromatic carbocycles. The Labute approximate surface area is 101 Å². The van der Waals surface area contributed by atoms with E-state index in [0.717, 1.165) is 13.8 Å². The van der Waals surface area contributed by atoms with E-state index in [1.807, 2.05) is 0 Å². The number of hydrogen-bond donors (Lipinski definition) is 0. The van der Waals surface area contributed by atoms with Crippen LogP contribution in [-0.2, 0) is 19.1 Å². The van der Waals surface area contributed by atoms with Gasteiger partial charge in [-0.05, 0) is 13.8 Å². The first-order valence-corrected chi connectivity index (χ1v) is 5.03. The standard InChI is InChI=1S/C10H14F4O4/c1-5(17-7(3)15)9(11,12)10(13,14)6(2)18-8(4)16/h5-6H,1-4H3. The highest BCUT2D eigenvalue weighted by molar-refractivity contribution is 5.66. The van der Waals surface area contributed by atoms with E-state index < -0.39 is 36.0 Å². The van der Waals surface area contributed by atoms with Crippen molar-refractivity contribution in [3.8, 4) is 0 Å². The van der Waals surface area contributed by atoms with Crippen LogP contribution >= 0.6 is 0 Å². The van der Waals surface area contributed by atoms with Gasteiger partial charge in [-0.1, -0.05) is 0 Å². The Bertz CT molecular complexity index is 298. The second-order valence-electron chi connectivity index (χ2n) is 3.75. The first-order chi connectivity index (χ1) is 7.92. The molecule has 0 rings (SSSR count). The zero-order valence-corrected chi connectivity index (χ0v) is 10.3. The van der Waals surface area contributed by atoms with E-state index in [-0.39, 0.29) is 0 Å². The van der Waals surface area contributed by atoms with Gasteiger partial charge in [0.05, 0.1) is 0 Å². The Hall–Kier alpha value is -1.34. The number of ether oxygens (including phenoxy) is 2. The van der Waals surface area contributed by atoms with E-state index >= 15 is 0 Å². The molecule has 0 aliphatic rings. The maximum Gasteiger partial charge on any atom is 0.349 e. The van der Waals surface area contributed by atoms with Gasteiger partial charge in [-0.2, -0.15) is 17.6 Å². The van der Waals surface area contributed by atoms with Crippen molar-refractivity contribution in [2.45, 2.75) is 51.7 Å². The predicted molar refractivity (Wildman–Crippen MR) is 52.4 cm³/mol. The van der Waals surface area contributed by atoms with Crippen LogP contribution in [0.2, 0.25) is 0 Å². The molecule has 0 aliphatic carbocycles. The summed E-state index contributed by atoms with van der Waals surface area (Å²) in [5.41, 5.74) is 0. The lowest BCUT2D eigenvalue weighted by Gasteiger charge is -2.33. The lowest BCUT2D eigenvalue weighted by atomic mass is 10.0. The Morgan fingerprint density at radius 1 is 0.833 bits per heavy atom. The maximum atomic E-state index is 13.4. The highest BCUT2D eigenvalue weighted by Gasteiger charge is 2.65. The van der Waals surface area contributed by atoms with Crippen molar-refractivity contribution in [2.75, 3.05) is 0 Å². The number of halogens is 4. The van der Waals surface area contributed by atoms with Gasteiger partial charge in [-0.3, -0.25) is 9.59 Å². The van der Waals surface area contributed by atoms with Crippen molar-refractivity contribution in [3.05, 3.63) is 0 Å². The lowest BCUT2D eigenvalue weighted by Crippen LogP contribution is -2.56. The van der Waals surface area contributed by atoms with Gasteiger partial charge in [-0.25, -0.2) is 0 Å². The first kappa shape index (κ1) is 16.7. The van der Waals surface area contributed by atoms with E-state index in [1.165, 1.54) is 0 Å². The number of hydrogen-bond acceptors (Lipinski definition) is 4. The van der Waals surface area contributed by atoms with Crippen LogP contribution in [0.1, 0.15) is 27.7 Å². The average Bonchev–Trinajstić information content (AvgIpc) is 2.14. The smallest absolute Gasteiger partial charge is 0.349 e. The van der Waals surface area contributed by atoms with Crippen molar-refractivity contribution in [3.63, 3.8) is 0 Å². The summed E-state index contributed by atoms with van der Waals surface area (Å²) in [4.78, 5) is 21.0. The number of carbonyl (C=O) groups excluding carboxylic acids is 2. The second-order valence-corrected chi connectivity index (χ2v) is 3.75. The van der Waals surface area contributed by atoms with Gasteiger partial charge >= 0.3 is 23.8 Å². The van der Waals surface area contributed by atoms with Crippen LogP contribution < -0.4 is 0 Å². The van der Waals surface area contributed by atoms with Crippen LogP contribution in [-0.4, -0.2) is 36.0 Å². The maximum absolute atomic E-state index is 13.4. The van der Waals surface area contributed by atoms with Crippen LogP contribution in [0.3, 0.4) is 0 Å². The van der Waals surface area contributed by atoms with Gasteiger partial charge in [0.25, 0.3) is 0 Å². The topological polar surface area (TPSA) is 52.6 Å². The summed E-state index contributed by atoms with van der Waals surface area (Å²) >= 11 is 0. The average molecular weight is 274 g/mol. The quantitative estimate of drug-likeness (QED) is 0.569. The molecule has 8 heteroatoms. The molecule has 0 aromatic heterocycles. The number of carbonyl (C=O) groups is 2. The molecular formula is C10H14F4O4. The third-order valence-electron chi connectivity index (χ3n) is 2.15. The van der Waals surface area contributed by atoms with Gasteiger partial charge in [0.2, 0.25) is 0 Å². The second kappa shape index (κ2) is 5.53. The highest BCUT2D eigenvalue weighted by atomic mass is 19.3. The van der Waals surface area contributed by atoms with Crippen LogP contribution in [0.25, 0.3) is 0 Å². The zero-order chi connectivity index (χ0) is 14.7. The summed E-state index contributed by atoms with van der Waals surface area (Å²) in [5, 5.41) is 0. The molecule has 18 heavy (non-hydrogen) atoms. The molecule has 0 saturated heterocycles. The SMILES string of the molecule is CC(=O)OC(C)C(F)(F)C(F)(F)C(C)OC(C)=O. The van der Waals surface area contributed by atoms with E-state index in [2.05, 4.69) is 9.47 Å². The molecular weight excluding hydrogens is 260 g/mol. The van der Waals surface area contributed by atoms with Gasteiger partial charge in [0, 0.05) is 13.8 Å². The van der Waals surface area contributed by atoms with E-state index in [9.17, 15) is 27.2 Å². The molecule has 0 saturated carbocycles. The molecule has 0 spiro atoms. The van der Waals surface area contributed by atoms with Crippen LogP contribution in [0.5, 0.6) is 0 Å². The minimum absolute atomic E-state index is 0.635.